The Balaban J connectivity index is 2.51. The Hall–Kier alpha value is 0.220. The van der Waals surface area contributed by atoms with Crippen LogP contribution in [0.15, 0.2) is 0 Å². The molecule has 3 unspecified atom stereocenters. The van der Waals surface area contributed by atoms with E-state index in [4.69, 9.17) is 11.6 Å². The van der Waals surface area contributed by atoms with Crippen LogP contribution in [0.2, 0.25) is 0 Å². The highest BCUT2D eigenvalue weighted by Crippen LogP contribution is 2.40. The molecule has 1 saturated carbocycles. The highest BCUT2D eigenvalue weighted by molar-refractivity contribution is 6.21. The van der Waals surface area contributed by atoms with Gasteiger partial charge in [0.2, 0.25) is 0 Å². The average molecular weight is 193 g/mol. The minimum absolute atomic E-state index is 0.247. The fourth-order valence-corrected chi connectivity index (χ4v) is 2.21. The van der Waals surface area contributed by atoms with Gasteiger partial charge in [-0.05, 0) is 30.6 Å². The zero-order chi connectivity index (χ0) is 9.35. The molecule has 12 heavy (non-hydrogen) atoms. The van der Waals surface area contributed by atoms with Crippen molar-refractivity contribution < 1.29 is 4.39 Å². The number of hydrogen-bond acceptors (Lipinski definition) is 0. The lowest BCUT2D eigenvalue weighted by atomic mass is 9.72. The Kier molecular flexibility index (Phi) is 3.03. The largest absolute Gasteiger partial charge is 0.246 e. The Morgan fingerprint density at radius 3 is 2.25 bits per heavy atom. The maximum absolute atomic E-state index is 13.0. The van der Waals surface area contributed by atoms with Gasteiger partial charge in [0, 0.05) is 0 Å². The van der Waals surface area contributed by atoms with Crippen molar-refractivity contribution in [2.45, 2.75) is 51.6 Å². The van der Waals surface area contributed by atoms with Gasteiger partial charge < -0.3 is 0 Å². The smallest absolute Gasteiger partial charge is 0.116 e. The molecule has 0 bridgehead atoms. The third-order valence-electron chi connectivity index (χ3n) is 2.92. The summed E-state index contributed by atoms with van der Waals surface area (Å²) in [6, 6.07) is 0. The number of alkyl halides is 2. The molecule has 0 aromatic heterocycles. The summed E-state index contributed by atoms with van der Waals surface area (Å²) < 4.78 is 13.0. The van der Waals surface area contributed by atoms with Crippen LogP contribution in [-0.4, -0.2) is 11.5 Å². The van der Waals surface area contributed by atoms with Gasteiger partial charge >= 0.3 is 0 Å². The molecular formula is C10H18ClF. The molecule has 0 heterocycles. The number of hydrogen-bond donors (Lipinski definition) is 0. The molecule has 0 nitrogen and oxygen atoms in total. The first-order valence-electron chi connectivity index (χ1n) is 4.69. The third-order valence-corrected chi connectivity index (χ3v) is 3.37. The van der Waals surface area contributed by atoms with E-state index in [1.54, 1.807) is 0 Å². The van der Waals surface area contributed by atoms with Crippen molar-refractivity contribution in [2.24, 2.45) is 11.3 Å². The van der Waals surface area contributed by atoms with E-state index in [-0.39, 0.29) is 10.8 Å². The molecular weight excluding hydrogens is 175 g/mol. The predicted molar refractivity (Wildman–Crippen MR) is 51.3 cm³/mol. The van der Waals surface area contributed by atoms with Crippen molar-refractivity contribution in [2.75, 3.05) is 0 Å². The highest BCUT2D eigenvalue weighted by atomic mass is 35.5. The maximum Gasteiger partial charge on any atom is 0.116 e. The van der Waals surface area contributed by atoms with Gasteiger partial charge in [-0.25, -0.2) is 4.39 Å². The number of halogens is 2. The molecule has 2 heteroatoms. The average Bonchev–Trinajstić information content (AvgIpc) is 1.92. The Morgan fingerprint density at radius 2 is 1.83 bits per heavy atom. The van der Waals surface area contributed by atoms with Crippen LogP contribution in [0, 0.1) is 11.3 Å². The summed E-state index contributed by atoms with van der Waals surface area (Å²) in [6.07, 6.45) is 1.71. The predicted octanol–water partition coefficient (Wildman–Crippen LogP) is 3.78. The molecule has 72 valence electrons. The molecule has 0 saturated heterocycles. The monoisotopic (exact) mass is 192 g/mol. The van der Waals surface area contributed by atoms with Crippen LogP contribution >= 0.6 is 11.6 Å². The molecule has 0 radical (unpaired) electrons. The van der Waals surface area contributed by atoms with E-state index >= 15 is 0 Å². The van der Waals surface area contributed by atoms with Crippen molar-refractivity contribution in [3.8, 4) is 0 Å². The zero-order valence-corrected chi connectivity index (χ0v) is 8.87. The molecule has 0 amide bonds. The first-order valence-corrected chi connectivity index (χ1v) is 5.13. The first-order chi connectivity index (χ1) is 5.41. The third kappa shape index (κ3) is 2.35. The molecule has 0 aliphatic heterocycles. The van der Waals surface area contributed by atoms with Gasteiger partial charge in [-0.15, -0.1) is 11.6 Å². The van der Waals surface area contributed by atoms with Gasteiger partial charge in [-0.2, -0.15) is 0 Å². The second-order valence-electron chi connectivity index (χ2n) is 4.91. The summed E-state index contributed by atoms with van der Waals surface area (Å²) in [6.45, 7) is 6.62. The van der Waals surface area contributed by atoms with Crippen LogP contribution in [-0.2, 0) is 0 Å². The van der Waals surface area contributed by atoms with Gasteiger partial charge in [-0.1, -0.05) is 20.8 Å². The van der Waals surface area contributed by atoms with Crippen LogP contribution in [0.3, 0.4) is 0 Å². The summed E-state index contributed by atoms with van der Waals surface area (Å²) in [4.78, 5) is 0. The lowest BCUT2D eigenvalue weighted by Crippen LogP contribution is -2.33. The molecule has 0 spiro atoms. The van der Waals surface area contributed by atoms with E-state index in [2.05, 4.69) is 20.8 Å². The van der Waals surface area contributed by atoms with Crippen molar-refractivity contribution >= 4 is 11.6 Å². The molecule has 1 aliphatic rings. The Morgan fingerprint density at radius 1 is 1.25 bits per heavy atom. The van der Waals surface area contributed by atoms with Crippen LogP contribution in [0.1, 0.15) is 40.0 Å². The summed E-state index contributed by atoms with van der Waals surface area (Å²) in [5.74, 6) is 0.590. The normalized spacial score (nSPS) is 38.2. The van der Waals surface area contributed by atoms with E-state index in [9.17, 15) is 4.39 Å². The second kappa shape index (κ2) is 3.53. The Bertz CT molecular complexity index is 150. The molecule has 3 atom stereocenters. The summed E-state index contributed by atoms with van der Waals surface area (Å²) in [5, 5.41) is -0.247. The summed E-state index contributed by atoms with van der Waals surface area (Å²) >= 11 is 5.89. The second-order valence-corrected chi connectivity index (χ2v) is 5.47. The van der Waals surface area contributed by atoms with Gasteiger partial charge in [0.15, 0.2) is 0 Å². The van der Waals surface area contributed by atoms with Gasteiger partial charge in [0.1, 0.15) is 6.17 Å². The van der Waals surface area contributed by atoms with Gasteiger partial charge in [0.25, 0.3) is 0 Å². The first kappa shape index (κ1) is 10.3. The SMILES string of the molecule is CC(C)(C)C1CCC(F)C(Cl)C1. The Labute approximate surface area is 79.5 Å². The lowest BCUT2D eigenvalue weighted by Gasteiger charge is -2.37. The fraction of sp³-hybridized carbons (Fsp3) is 1.00. The van der Waals surface area contributed by atoms with Crippen LogP contribution in [0.25, 0.3) is 0 Å². The van der Waals surface area contributed by atoms with E-state index < -0.39 is 6.17 Å². The van der Waals surface area contributed by atoms with Crippen LogP contribution in [0.5, 0.6) is 0 Å². The topological polar surface area (TPSA) is 0 Å². The zero-order valence-electron chi connectivity index (χ0n) is 8.11. The van der Waals surface area contributed by atoms with Crippen molar-refractivity contribution in [1.82, 2.24) is 0 Å². The molecule has 1 rings (SSSR count). The molecule has 1 aliphatic carbocycles. The minimum Gasteiger partial charge on any atom is -0.246 e. The molecule has 0 aromatic rings. The molecule has 0 aromatic carbocycles. The fourth-order valence-electron chi connectivity index (χ4n) is 1.87. The van der Waals surface area contributed by atoms with Crippen molar-refractivity contribution in [3.63, 3.8) is 0 Å². The quantitative estimate of drug-likeness (QED) is 0.513. The van der Waals surface area contributed by atoms with E-state index in [1.165, 1.54) is 0 Å². The standard InChI is InChI=1S/C10H18ClF/c1-10(2,3)7-4-5-9(12)8(11)6-7/h7-9H,4-6H2,1-3H3. The van der Waals surface area contributed by atoms with Gasteiger partial charge in [0.05, 0.1) is 5.38 Å². The summed E-state index contributed by atoms with van der Waals surface area (Å²) in [5.41, 5.74) is 0.285. The molecule has 1 fully saturated rings. The summed E-state index contributed by atoms with van der Waals surface area (Å²) in [7, 11) is 0. The maximum atomic E-state index is 13.0. The van der Waals surface area contributed by atoms with Crippen LogP contribution in [0.4, 0.5) is 4.39 Å². The van der Waals surface area contributed by atoms with E-state index in [1.807, 2.05) is 0 Å². The minimum atomic E-state index is -0.773. The highest BCUT2D eigenvalue weighted by Gasteiger charge is 2.34. The van der Waals surface area contributed by atoms with Gasteiger partial charge in [-0.3, -0.25) is 0 Å². The van der Waals surface area contributed by atoms with Crippen LogP contribution < -0.4 is 0 Å². The molecule has 0 N–H and O–H groups in total. The van der Waals surface area contributed by atoms with E-state index in [0.717, 1.165) is 12.8 Å². The lowest BCUT2D eigenvalue weighted by molar-refractivity contribution is 0.131. The van der Waals surface area contributed by atoms with E-state index in [0.29, 0.717) is 12.3 Å². The van der Waals surface area contributed by atoms with Crippen molar-refractivity contribution in [1.29, 1.82) is 0 Å². The number of rotatable bonds is 0. The van der Waals surface area contributed by atoms with Crippen molar-refractivity contribution in [3.05, 3.63) is 0 Å².